The molecule has 0 unspecified atom stereocenters. The molecule has 0 saturated carbocycles. The van der Waals surface area contributed by atoms with Crippen LogP contribution in [-0.2, 0) is 19.6 Å². The van der Waals surface area contributed by atoms with Gasteiger partial charge in [-0.2, -0.15) is 0 Å². The Morgan fingerprint density at radius 2 is 1.90 bits per heavy atom. The van der Waals surface area contributed by atoms with Gasteiger partial charge in [0.15, 0.2) is 0 Å². The summed E-state index contributed by atoms with van der Waals surface area (Å²) in [5, 5.41) is 17.2. The molecule has 6 heteroatoms. The first-order valence-electron chi connectivity index (χ1n) is 7.07. The van der Waals surface area contributed by atoms with Gasteiger partial charge in [-0.1, -0.05) is 12.1 Å². The highest BCUT2D eigenvalue weighted by Crippen LogP contribution is 2.17. The van der Waals surface area contributed by atoms with E-state index in [1.54, 1.807) is 7.11 Å². The number of hydrogen-bond acceptors (Lipinski definition) is 5. The van der Waals surface area contributed by atoms with Gasteiger partial charge in [0.05, 0.1) is 26.0 Å². The maximum absolute atomic E-state index is 9.18. The van der Waals surface area contributed by atoms with Crippen molar-refractivity contribution in [1.82, 2.24) is 15.0 Å². The van der Waals surface area contributed by atoms with Crippen LogP contribution >= 0.6 is 0 Å². The van der Waals surface area contributed by atoms with Crippen molar-refractivity contribution in [2.24, 2.45) is 0 Å². The van der Waals surface area contributed by atoms with Gasteiger partial charge in [-0.25, -0.2) is 4.68 Å². The van der Waals surface area contributed by atoms with Crippen molar-refractivity contribution in [3.05, 3.63) is 35.7 Å². The third-order valence-corrected chi connectivity index (χ3v) is 3.25. The molecule has 1 aromatic carbocycles. The third-order valence-electron chi connectivity index (χ3n) is 3.25. The van der Waals surface area contributed by atoms with E-state index in [1.165, 1.54) is 0 Å². The summed E-state index contributed by atoms with van der Waals surface area (Å²) in [7, 11) is 1.64. The summed E-state index contributed by atoms with van der Waals surface area (Å²) in [5.74, 6) is 1.63. The molecule has 6 nitrogen and oxygen atoms in total. The Morgan fingerprint density at radius 1 is 1.19 bits per heavy atom. The van der Waals surface area contributed by atoms with E-state index in [4.69, 9.17) is 9.47 Å². The Hall–Kier alpha value is -2.08. The van der Waals surface area contributed by atoms with Gasteiger partial charge in [0.1, 0.15) is 17.2 Å². The lowest BCUT2D eigenvalue weighted by molar-refractivity contribution is 0.275. The van der Waals surface area contributed by atoms with Crippen LogP contribution in [0.15, 0.2) is 24.3 Å². The quantitative estimate of drug-likeness (QED) is 0.751. The summed E-state index contributed by atoms with van der Waals surface area (Å²) in [6, 6.07) is 7.51. The minimum atomic E-state index is -0.0640. The minimum Gasteiger partial charge on any atom is -0.497 e. The van der Waals surface area contributed by atoms with Crippen molar-refractivity contribution in [3.63, 3.8) is 0 Å². The summed E-state index contributed by atoms with van der Waals surface area (Å²) in [5.41, 5.74) is 1.65. The number of aryl methyl sites for hydroxylation is 1. The Labute approximate surface area is 124 Å². The average Bonchev–Trinajstić information content (AvgIpc) is 2.94. The van der Waals surface area contributed by atoms with E-state index in [2.05, 4.69) is 10.3 Å². The van der Waals surface area contributed by atoms with Gasteiger partial charge in [0.2, 0.25) is 0 Å². The molecular formula is C15H21N3O3. The van der Waals surface area contributed by atoms with Crippen molar-refractivity contribution >= 4 is 0 Å². The zero-order chi connectivity index (χ0) is 15.1. The molecule has 0 aliphatic carbocycles. The molecule has 1 heterocycles. The number of nitrogens with zero attached hydrogens (tertiary/aromatic N) is 3. The van der Waals surface area contributed by atoms with Gasteiger partial charge in [0.25, 0.3) is 0 Å². The molecule has 0 saturated heterocycles. The fourth-order valence-corrected chi connectivity index (χ4v) is 2.13. The molecule has 0 fully saturated rings. The topological polar surface area (TPSA) is 69.4 Å². The van der Waals surface area contributed by atoms with E-state index < -0.39 is 0 Å². The molecule has 0 spiro atoms. The largest absolute Gasteiger partial charge is 0.497 e. The Morgan fingerprint density at radius 3 is 2.52 bits per heavy atom. The molecule has 114 valence electrons. The Balaban J connectivity index is 1.80. The van der Waals surface area contributed by atoms with E-state index in [1.807, 2.05) is 35.9 Å². The Bertz CT molecular complexity index is 552. The lowest BCUT2D eigenvalue weighted by Gasteiger charge is -2.08. The lowest BCUT2D eigenvalue weighted by atomic mass is 10.2. The SMILES string of the molecule is CCc1c(CO)nnn1CCCOc1ccc(OC)cc1. The van der Waals surface area contributed by atoms with Crippen LogP contribution in [0.1, 0.15) is 24.7 Å². The molecule has 0 aliphatic heterocycles. The number of methoxy groups -OCH3 is 1. The number of aliphatic hydroxyl groups excluding tert-OH is 1. The van der Waals surface area contributed by atoms with Crippen LogP contribution in [0, 0.1) is 0 Å². The highest BCUT2D eigenvalue weighted by Gasteiger charge is 2.09. The van der Waals surface area contributed by atoms with Crippen LogP contribution in [0.4, 0.5) is 0 Å². The van der Waals surface area contributed by atoms with Crippen molar-refractivity contribution < 1.29 is 14.6 Å². The van der Waals surface area contributed by atoms with Gasteiger partial charge < -0.3 is 14.6 Å². The minimum absolute atomic E-state index is 0.0640. The summed E-state index contributed by atoms with van der Waals surface area (Å²) < 4.78 is 12.6. The molecule has 0 amide bonds. The summed E-state index contributed by atoms with van der Waals surface area (Å²) in [4.78, 5) is 0. The number of rotatable bonds is 8. The molecule has 2 aromatic rings. The van der Waals surface area contributed by atoms with E-state index in [0.29, 0.717) is 12.3 Å². The second kappa shape index (κ2) is 7.64. The van der Waals surface area contributed by atoms with Gasteiger partial charge in [-0.15, -0.1) is 5.10 Å². The molecule has 0 aliphatic rings. The van der Waals surface area contributed by atoms with Gasteiger partial charge in [0, 0.05) is 13.0 Å². The molecular weight excluding hydrogens is 270 g/mol. The van der Waals surface area contributed by atoms with Crippen LogP contribution in [0.5, 0.6) is 11.5 Å². The summed E-state index contributed by atoms with van der Waals surface area (Å²) >= 11 is 0. The van der Waals surface area contributed by atoms with Crippen molar-refractivity contribution in [3.8, 4) is 11.5 Å². The first kappa shape index (κ1) is 15.3. The zero-order valence-electron chi connectivity index (χ0n) is 12.5. The fraction of sp³-hybridized carbons (Fsp3) is 0.467. The number of hydrogen-bond donors (Lipinski definition) is 1. The standard InChI is InChI=1S/C15H21N3O3/c1-3-15-14(11-19)16-17-18(15)9-4-10-21-13-7-5-12(20-2)6-8-13/h5-8,19H,3-4,9-11H2,1-2H3. The van der Waals surface area contributed by atoms with Crippen LogP contribution in [0.2, 0.25) is 0 Å². The number of aliphatic hydroxyl groups is 1. The van der Waals surface area contributed by atoms with Crippen LogP contribution < -0.4 is 9.47 Å². The van der Waals surface area contributed by atoms with Gasteiger partial charge in [-0.3, -0.25) is 0 Å². The van der Waals surface area contributed by atoms with Gasteiger partial charge >= 0.3 is 0 Å². The zero-order valence-corrected chi connectivity index (χ0v) is 12.5. The Kier molecular flexibility index (Phi) is 5.57. The summed E-state index contributed by atoms with van der Waals surface area (Å²) in [6.45, 7) is 3.30. The molecule has 21 heavy (non-hydrogen) atoms. The first-order valence-corrected chi connectivity index (χ1v) is 7.07. The average molecular weight is 291 g/mol. The molecule has 0 atom stereocenters. The van der Waals surface area contributed by atoms with Crippen molar-refractivity contribution in [1.29, 1.82) is 0 Å². The van der Waals surface area contributed by atoms with E-state index in [9.17, 15) is 5.11 Å². The predicted molar refractivity (Wildman–Crippen MR) is 78.4 cm³/mol. The van der Waals surface area contributed by atoms with Gasteiger partial charge in [-0.05, 0) is 30.7 Å². The maximum Gasteiger partial charge on any atom is 0.119 e. The highest BCUT2D eigenvalue weighted by atomic mass is 16.5. The highest BCUT2D eigenvalue weighted by molar-refractivity contribution is 5.31. The van der Waals surface area contributed by atoms with Crippen molar-refractivity contribution in [2.75, 3.05) is 13.7 Å². The lowest BCUT2D eigenvalue weighted by Crippen LogP contribution is -2.09. The van der Waals surface area contributed by atoms with Crippen LogP contribution in [-0.4, -0.2) is 33.8 Å². The molecule has 2 rings (SSSR count). The monoisotopic (exact) mass is 291 g/mol. The van der Waals surface area contributed by atoms with E-state index in [-0.39, 0.29) is 6.61 Å². The third kappa shape index (κ3) is 3.95. The first-order chi connectivity index (χ1) is 10.3. The number of benzene rings is 1. The normalized spacial score (nSPS) is 10.6. The number of aromatic nitrogens is 3. The van der Waals surface area contributed by atoms with Crippen molar-refractivity contribution in [2.45, 2.75) is 32.9 Å². The second-order valence-electron chi connectivity index (χ2n) is 4.60. The molecule has 0 radical (unpaired) electrons. The van der Waals surface area contributed by atoms with E-state index in [0.717, 1.165) is 36.6 Å². The smallest absolute Gasteiger partial charge is 0.119 e. The predicted octanol–water partition coefficient (Wildman–Crippen LogP) is 1.81. The second-order valence-corrected chi connectivity index (χ2v) is 4.60. The molecule has 0 bridgehead atoms. The maximum atomic E-state index is 9.18. The summed E-state index contributed by atoms with van der Waals surface area (Å²) in [6.07, 6.45) is 1.63. The molecule has 1 N–H and O–H groups in total. The van der Waals surface area contributed by atoms with E-state index >= 15 is 0 Å². The van der Waals surface area contributed by atoms with Crippen LogP contribution in [0.25, 0.3) is 0 Å². The fourth-order valence-electron chi connectivity index (χ4n) is 2.13. The molecule has 1 aromatic heterocycles. The van der Waals surface area contributed by atoms with Crippen LogP contribution in [0.3, 0.4) is 0 Å². The number of ether oxygens (including phenoxy) is 2.